The number of carbonyl (C=O) groups is 1. The van der Waals surface area contributed by atoms with E-state index in [1.807, 2.05) is 0 Å². The van der Waals surface area contributed by atoms with Crippen molar-refractivity contribution in [2.75, 3.05) is 13.2 Å². The van der Waals surface area contributed by atoms with Crippen LogP contribution in [0.15, 0.2) is 11.1 Å². The number of ether oxygens (including phenoxy) is 1. The van der Waals surface area contributed by atoms with Crippen LogP contribution in [0.3, 0.4) is 0 Å². The third-order valence-corrected chi connectivity index (χ3v) is 1.11. The molecule has 4 heteroatoms. The van der Waals surface area contributed by atoms with Crippen LogP contribution in [0.5, 0.6) is 0 Å². The highest BCUT2D eigenvalue weighted by Gasteiger charge is 1.95. The lowest BCUT2D eigenvalue weighted by atomic mass is 10.4. The molecule has 0 aromatic carbocycles. The van der Waals surface area contributed by atoms with E-state index in [0.29, 0.717) is 0 Å². The second-order valence-corrected chi connectivity index (χ2v) is 2.06. The van der Waals surface area contributed by atoms with Crippen LogP contribution < -0.4 is 0 Å². The van der Waals surface area contributed by atoms with Crippen molar-refractivity contribution in [3.63, 3.8) is 0 Å². The molecule has 3 nitrogen and oxygen atoms in total. The third kappa shape index (κ3) is 5.59. The van der Waals surface area contributed by atoms with Gasteiger partial charge in [-0.1, -0.05) is 11.6 Å². The minimum atomic E-state index is -0.970. The minimum absolute atomic E-state index is 0.274. The molecule has 0 saturated heterocycles. The van der Waals surface area contributed by atoms with Gasteiger partial charge in [0.2, 0.25) is 0 Å². The molecule has 0 heterocycles. The summed E-state index contributed by atoms with van der Waals surface area (Å²) in [5, 5.41) is 8.12. The number of hydrogen-bond donors (Lipinski definition) is 1. The lowest BCUT2D eigenvalue weighted by Gasteiger charge is -1.98. The first-order chi connectivity index (χ1) is 4.66. The average Bonchev–Trinajstić information content (AvgIpc) is 1.87. The van der Waals surface area contributed by atoms with Crippen molar-refractivity contribution in [1.82, 2.24) is 0 Å². The molecule has 0 aliphatic heterocycles. The zero-order chi connectivity index (χ0) is 7.98. The maximum absolute atomic E-state index is 9.89. The van der Waals surface area contributed by atoms with E-state index < -0.39 is 5.97 Å². The molecule has 0 fully saturated rings. The second-order valence-electron chi connectivity index (χ2n) is 1.84. The highest BCUT2D eigenvalue weighted by atomic mass is 35.5. The zero-order valence-corrected chi connectivity index (χ0v) is 6.39. The fourth-order valence-electron chi connectivity index (χ4n) is 0.331. The Morgan fingerprint density at radius 1 is 1.70 bits per heavy atom. The van der Waals surface area contributed by atoms with Crippen LogP contribution in [-0.2, 0) is 9.53 Å². The van der Waals surface area contributed by atoms with Gasteiger partial charge in [0, 0.05) is 5.54 Å². The summed E-state index contributed by atoms with van der Waals surface area (Å²) in [4.78, 5) is 9.89. The van der Waals surface area contributed by atoms with Crippen molar-refractivity contribution in [3.05, 3.63) is 11.1 Å². The van der Waals surface area contributed by atoms with E-state index in [1.54, 1.807) is 6.92 Å². The van der Waals surface area contributed by atoms with Gasteiger partial charge in [-0.15, -0.1) is 0 Å². The molecule has 0 saturated carbocycles. The fourth-order valence-corrected chi connectivity index (χ4v) is 0.394. The van der Waals surface area contributed by atoms with Crippen LogP contribution in [0, 0.1) is 0 Å². The standard InChI is InChI=1S/C6H9ClO3/c1-5(2-7)3-10-4-6(8)9/h2H,3-4H2,1H3,(H,8,9)/b5-2+. The largest absolute Gasteiger partial charge is 0.480 e. The summed E-state index contributed by atoms with van der Waals surface area (Å²) in [6.45, 7) is 1.76. The number of aliphatic carboxylic acids is 1. The molecule has 0 spiro atoms. The van der Waals surface area contributed by atoms with Crippen LogP contribution in [0.2, 0.25) is 0 Å². The predicted molar refractivity (Wildman–Crippen MR) is 38.1 cm³/mol. The van der Waals surface area contributed by atoms with Gasteiger partial charge in [-0.05, 0) is 12.5 Å². The first-order valence-electron chi connectivity index (χ1n) is 2.72. The topological polar surface area (TPSA) is 46.5 Å². The first kappa shape index (κ1) is 9.46. The number of halogens is 1. The van der Waals surface area contributed by atoms with Crippen LogP contribution in [0.25, 0.3) is 0 Å². The number of rotatable bonds is 4. The average molecular weight is 165 g/mol. The predicted octanol–water partition coefficient (Wildman–Crippen LogP) is 1.23. The van der Waals surface area contributed by atoms with E-state index in [1.165, 1.54) is 5.54 Å². The summed E-state index contributed by atoms with van der Waals surface area (Å²) in [6, 6.07) is 0. The van der Waals surface area contributed by atoms with Crippen molar-refractivity contribution in [2.24, 2.45) is 0 Å². The van der Waals surface area contributed by atoms with Gasteiger partial charge in [0.05, 0.1) is 6.61 Å². The molecular weight excluding hydrogens is 156 g/mol. The van der Waals surface area contributed by atoms with Crippen molar-refractivity contribution in [2.45, 2.75) is 6.92 Å². The first-order valence-corrected chi connectivity index (χ1v) is 3.16. The quantitative estimate of drug-likeness (QED) is 0.680. The highest BCUT2D eigenvalue weighted by Crippen LogP contribution is 1.94. The van der Waals surface area contributed by atoms with Crippen molar-refractivity contribution in [3.8, 4) is 0 Å². The number of carboxylic acid groups (broad SMARTS) is 1. The van der Waals surface area contributed by atoms with Gasteiger partial charge in [-0.25, -0.2) is 4.79 Å². The van der Waals surface area contributed by atoms with Gasteiger partial charge in [0.1, 0.15) is 6.61 Å². The number of carboxylic acids is 1. The molecule has 0 rings (SSSR count). The van der Waals surface area contributed by atoms with Crippen LogP contribution in [0.4, 0.5) is 0 Å². The summed E-state index contributed by atoms with van der Waals surface area (Å²) >= 11 is 5.28. The Balaban J connectivity index is 3.29. The second kappa shape index (κ2) is 5.26. The van der Waals surface area contributed by atoms with E-state index in [-0.39, 0.29) is 13.2 Å². The molecular formula is C6H9ClO3. The monoisotopic (exact) mass is 164 g/mol. The van der Waals surface area contributed by atoms with Crippen LogP contribution in [0.1, 0.15) is 6.92 Å². The Labute approximate surface area is 64.2 Å². The molecule has 1 N–H and O–H groups in total. The maximum Gasteiger partial charge on any atom is 0.329 e. The Hall–Kier alpha value is -0.540. The van der Waals surface area contributed by atoms with Gasteiger partial charge in [0.15, 0.2) is 0 Å². The van der Waals surface area contributed by atoms with Gasteiger partial charge in [-0.3, -0.25) is 0 Å². The minimum Gasteiger partial charge on any atom is -0.480 e. The summed E-state index contributed by atoms with van der Waals surface area (Å²) in [5.41, 5.74) is 2.17. The normalized spacial score (nSPS) is 11.6. The summed E-state index contributed by atoms with van der Waals surface area (Å²) < 4.78 is 4.70. The van der Waals surface area contributed by atoms with E-state index in [2.05, 4.69) is 0 Å². The third-order valence-electron chi connectivity index (χ3n) is 0.742. The summed E-state index contributed by atoms with van der Waals surface area (Å²) in [7, 11) is 0. The van der Waals surface area contributed by atoms with Crippen LogP contribution >= 0.6 is 11.6 Å². The van der Waals surface area contributed by atoms with Crippen molar-refractivity contribution in [1.29, 1.82) is 0 Å². The smallest absolute Gasteiger partial charge is 0.329 e. The molecule has 0 aliphatic carbocycles. The molecule has 0 amide bonds. The molecule has 0 unspecified atom stereocenters. The van der Waals surface area contributed by atoms with E-state index in [4.69, 9.17) is 21.4 Å². The molecule has 0 atom stereocenters. The summed E-state index contributed by atoms with van der Waals surface area (Å²) in [6.07, 6.45) is 0. The lowest BCUT2D eigenvalue weighted by Crippen LogP contribution is -2.07. The Morgan fingerprint density at radius 2 is 2.30 bits per heavy atom. The molecule has 0 radical (unpaired) electrons. The molecule has 0 aromatic rings. The molecule has 0 bridgehead atoms. The van der Waals surface area contributed by atoms with E-state index in [0.717, 1.165) is 5.57 Å². The number of hydrogen-bond acceptors (Lipinski definition) is 2. The Bertz CT molecular complexity index is 142. The maximum atomic E-state index is 9.89. The SMILES string of the molecule is C/C(=C\Cl)COCC(=O)O. The van der Waals surface area contributed by atoms with Crippen molar-refractivity contribution < 1.29 is 14.6 Å². The Morgan fingerprint density at radius 3 is 2.70 bits per heavy atom. The van der Waals surface area contributed by atoms with Gasteiger partial charge < -0.3 is 9.84 Å². The molecule has 0 aliphatic rings. The van der Waals surface area contributed by atoms with E-state index >= 15 is 0 Å². The lowest BCUT2D eigenvalue weighted by molar-refractivity contribution is -0.141. The molecule has 10 heavy (non-hydrogen) atoms. The highest BCUT2D eigenvalue weighted by molar-refractivity contribution is 6.25. The van der Waals surface area contributed by atoms with Gasteiger partial charge in [0.25, 0.3) is 0 Å². The zero-order valence-electron chi connectivity index (χ0n) is 5.63. The van der Waals surface area contributed by atoms with Crippen molar-refractivity contribution >= 4 is 17.6 Å². The Kier molecular flexibility index (Phi) is 4.98. The molecule has 0 aromatic heterocycles. The van der Waals surface area contributed by atoms with Gasteiger partial charge >= 0.3 is 5.97 Å². The van der Waals surface area contributed by atoms with Gasteiger partial charge in [-0.2, -0.15) is 0 Å². The molecule has 58 valence electrons. The summed E-state index contributed by atoms with van der Waals surface area (Å²) in [5.74, 6) is -0.970. The fraction of sp³-hybridized carbons (Fsp3) is 0.500. The van der Waals surface area contributed by atoms with Crippen LogP contribution in [-0.4, -0.2) is 24.3 Å². The van der Waals surface area contributed by atoms with E-state index in [9.17, 15) is 4.79 Å².